The van der Waals surface area contributed by atoms with Gasteiger partial charge in [0.25, 0.3) is 0 Å². The zero-order valence-electron chi connectivity index (χ0n) is 18.6. The molecule has 1 aromatic carbocycles. The Hall–Kier alpha value is -3.23. The lowest BCUT2D eigenvalue weighted by Crippen LogP contribution is -2.29. The highest BCUT2D eigenvalue weighted by Crippen LogP contribution is 2.43. The first-order valence-electron chi connectivity index (χ1n) is 10.4. The summed E-state index contributed by atoms with van der Waals surface area (Å²) in [5, 5.41) is 7.00. The van der Waals surface area contributed by atoms with Crippen molar-refractivity contribution in [2.75, 3.05) is 23.9 Å². The van der Waals surface area contributed by atoms with Crippen LogP contribution in [-0.4, -0.2) is 34.7 Å². The number of hydrogen-bond donors (Lipinski definition) is 3. The third kappa shape index (κ3) is 4.24. The molecule has 2 aromatic heterocycles. The van der Waals surface area contributed by atoms with Gasteiger partial charge < -0.3 is 25.3 Å². The normalized spacial score (nSPS) is 18.0. The Morgan fingerprint density at radius 3 is 2.66 bits per heavy atom. The largest absolute Gasteiger partial charge is 0.375 e. The summed E-state index contributed by atoms with van der Waals surface area (Å²) in [6.07, 6.45) is 1.80. The lowest BCUT2D eigenvalue weighted by Gasteiger charge is -2.28. The number of pyridine rings is 1. The van der Waals surface area contributed by atoms with Gasteiger partial charge in [-0.15, -0.1) is 0 Å². The smallest absolute Gasteiger partial charge is 0.250 e. The summed E-state index contributed by atoms with van der Waals surface area (Å²) in [7, 11) is 1.50. The van der Waals surface area contributed by atoms with Crippen LogP contribution in [0.25, 0.3) is 0 Å². The molecule has 3 heterocycles. The van der Waals surface area contributed by atoms with Gasteiger partial charge in [-0.3, -0.25) is 9.78 Å². The summed E-state index contributed by atoms with van der Waals surface area (Å²) in [5.41, 5.74) is 6.94. The summed E-state index contributed by atoms with van der Waals surface area (Å²) < 4.78 is 4.91. The molecular formula is C24H27N5O2S. The lowest BCUT2D eigenvalue weighted by molar-refractivity contribution is -0.119. The van der Waals surface area contributed by atoms with E-state index < -0.39 is 0 Å². The van der Waals surface area contributed by atoms with E-state index in [-0.39, 0.29) is 24.6 Å². The molecule has 1 saturated heterocycles. The SMILES string of the molecule is COCC(=O)Nc1ccc(N2C(=S)NC(c3ccccn3)C2c2cc(C)[nH]c2C)cc1C. The van der Waals surface area contributed by atoms with Gasteiger partial charge in [0, 0.05) is 36.1 Å². The van der Waals surface area contributed by atoms with Crippen molar-refractivity contribution in [1.82, 2.24) is 15.3 Å². The van der Waals surface area contributed by atoms with Gasteiger partial charge >= 0.3 is 0 Å². The fraction of sp³-hybridized carbons (Fsp3) is 0.292. The van der Waals surface area contributed by atoms with Crippen LogP contribution in [0.3, 0.4) is 0 Å². The highest BCUT2D eigenvalue weighted by atomic mass is 32.1. The van der Waals surface area contributed by atoms with Crippen LogP contribution in [-0.2, 0) is 9.53 Å². The van der Waals surface area contributed by atoms with Crippen LogP contribution < -0.4 is 15.5 Å². The zero-order valence-corrected chi connectivity index (χ0v) is 19.4. The molecule has 0 aliphatic carbocycles. The topological polar surface area (TPSA) is 82.3 Å². The number of thiocarbonyl (C=S) groups is 1. The first-order chi connectivity index (χ1) is 15.4. The summed E-state index contributed by atoms with van der Waals surface area (Å²) in [6, 6.07) is 13.8. The molecule has 32 heavy (non-hydrogen) atoms. The highest BCUT2D eigenvalue weighted by Gasteiger charge is 2.41. The minimum atomic E-state index is -0.187. The standard InChI is InChI=1S/C24H27N5O2S/c1-14-11-17(8-9-19(14)27-21(30)13-31-4)29-23(18-12-15(2)26-16(18)3)22(28-24(29)32)20-7-5-6-10-25-20/h5-12,22-23,26H,13H2,1-4H3,(H,27,30)(H,28,32). The van der Waals surface area contributed by atoms with Gasteiger partial charge in [0.15, 0.2) is 5.11 Å². The molecule has 1 fully saturated rings. The number of carbonyl (C=O) groups is 1. The Morgan fingerprint density at radius 1 is 1.22 bits per heavy atom. The van der Waals surface area contributed by atoms with E-state index in [9.17, 15) is 4.79 Å². The van der Waals surface area contributed by atoms with Crippen molar-refractivity contribution in [2.24, 2.45) is 0 Å². The number of rotatable bonds is 6. The number of hydrogen-bond acceptors (Lipinski definition) is 4. The summed E-state index contributed by atoms with van der Waals surface area (Å²) in [4.78, 5) is 22.1. The number of amides is 1. The molecule has 3 N–H and O–H groups in total. The van der Waals surface area contributed by atoms with Gasteiger partial charge in [-0.2, -0.15) is 0 Å². The maximum absolute atomic E-state index is 11.9. The Bertz CT molecular complexity index is 1140. The monoisotopic (exact) mass is 449 g/mol. The predicted molar refractivity (Wildman–Crippen MR) is 130 cm³/mol. The Kier molecular flexibility index (Phi) is 6.25. The number of benzene rings is 1. The number of methoxy groups -OCH3 is 1. The molecular weight excluding hydrogens is 422 g/mol. The van der Waals surface area contributed by atoms with Gasteiger partial charge in [0.2, 0.25) is 5.91 Å². The lowest BCUT2D eigenvalue weighted by atomic mass is 9.96. The third-order valence-electron chi connectivity index (χ3n) is 5.64. The van der Waals surface area contributed by atoms with E-state index in [2.05, 4.69) is 45.4 Å². The van der Waals surface area contributed by atoms with Crippen molar-refractivity contribution >= 4 is 34.6 Å². The minimum Gasteiger partial charge on any atom is -0.375 e. The molecule has 3 aromatic rings. The second kappa shape index (κ2) is 9.10. The van der Waals surface area contributed by atoms with Gasteiger partial charge in [0.05, 0.1) is 17.8 Å². The van der Waals surface area contributed by atoms with Crippen LogP contribution in [0.15, 0.2) is 48.7 Å². The first kappa shape index (κ1) is 22.0. The number of carbonyl (C=O) groups excluding carboxylic acids is 1. The first-order valence-corrected chi connectivity index (χ1v) is 10.9. The summed E-state index contributed by atoms with van der Waals surface area (Å²) in [6.45, 7) is 6.12. The van der Waals surface area contributed by atoms with Crippen molar-refractivity contribution < 1.29 is 9.53 Å². The van der Waals surface area contributed by atoms with Gasteiger partial charge in [-0.1, -0.05) is 6.07 Å². The van der Waals surface area contributed by atoms with Crippen LogP contribution in [0.1, 0.15) is 40.3 Å². The van der Waals surface area contributed by atoms with Crippen LogP contribution in [0.2, 0.25) is 0 Å². The van der Waals surface area contributed by atoms with Gasteiger partial charge in [-0.05, 0) is 80.5 Å². The van der Waals surface area contributed by atoms with Crippen molar-refractivity contribution in [1.29, 1.82) is 0 Å². The average molecular weight is 450 g/mol. The number of aromatic amines is 1. The minimum absolute atomic E-state index is 0.0151. The van der Waals surface area contributed by atoms with Crippen molar-refractivity contribution in [2.45, 2.75) is 32.9 Å². The molecule has 7 nitrogen and oxygen atoms in total. The fourth-order valence-corrected chi connectivity index (χ4v) is 4.60. The van der Waals surface area contributed by atoms with E-state index in [1.807, 2.05) is 43.3 Å². The van der Waals surface area contributed by atoms with E-state index in [4.69, 9.17) is 17.0 Å². The van der Waals surface area contributed by atoms with Crippen LogP contribution in [0.5, 0.6) is 0 Å². The summed E-state index contributed by atoms with van der Waals surface area (Å²) in [5.74, 6) is -0.187. The molecule has 0 bridgehead atoms. The van der Waals surface area contributed by atoms with Crippen molar-refractivity contribution in [3.63, 3.8) is 0 Å². The Morgan fingerprint density at radius 2 is 2.03 bits per heavy atom. The molecule has 1 aliphatic rings. The second-order valence-electron chi connectivity index (χ2n) is 8.01. The number of nitrogens with one attached hydrogen (secondary N) is 3. The molecule has 166 valence electrons. The fourth-order valence-electron chi connectivity index (χ4n) is 4.26. The van der Waals surface area contributed by atoms with E-state index >= 15 is 0 Å². The molecule has 4 rings (SSSR count). The van der Waals surface area contributed by atoms with E-state index in [0.29, 0.717) is 5.11 Å². The van der Waals surface area contributed by atoms with Crippen molar-refractivity contribution in [3.05, 3.63) is 76.9 Å². The molecule has 2 atom stereocenters. The van der Waals surface area contributed by atoms with Crippen LogP contribution in [0, 0.1) is 20.8 Å². The number of nitrogens with zero attached hydrogens (tertiary/aromatic N) is 2. The summed E-state index contributed by atoms with van der Waals surface area (Å²) >= 11 is 5.80. The number of anilines is 2. The zero-order chi connectivity index (χ0) is 22.8. The molecule has 8 heteroatoms. The number of ether oxygens (including phenoxy) is 1. The van der Waals surface area contributed by atoms with E-state index in [1.165, 1.54) is 12.7 Å². The predicted octanol–water partition coefficient (Wildman–Crippen LogP) is 4.10. The molecule has 2 unspecified atom stereocenters. The third-order valence-corrected chi connectivity index (χ3v) is 5.96. The maximum Gasteiger partial charge on any atom is 0.250 e. The van der Waals surface area contributed by atoms with Gasteiger partial charge in [-0.25, -0.2) is 0 Å². The number of H-pyrrole nitrogens is 1. The number of aromatic nitrogens is 2. The van der Waals surface area contributed by atoms with Gasteiger partial charge in [0.1, 0.15) is 6.61 Å². The van der Waals surface area contributed by atoms with E-state index in [1.54, 1.807) is 6.20 Å². The van der Waals surface area contributed by atoms with E-state index in [0.717, 1.165) is 34.0 Å². The quantitative estimate of drug-likeness (QED) is 0.492. The maximum atomic E-state index is 11.9. The molecule has 0 saturated carbocycles. The van der Waals surface area contributed by atoms with Crippen LogP contribution in [0.4, 0.5) is 11.4 Å². The van der Waals surface area contributed by atoms with Crippen LogP contribution >= 0.6 is 12.2 Å². The molecule has 0 radical (unpaired) electrons. The molecule has 1 aliphatic heterocycles. The second-order valence-corrected chi connectivity index (χ2v) is 8.40. The van der Waals surface area contributed by atoms with Crippen molar-refractivity contribution in [3.8, 4) is 0 Å². The Balaban J connectivity index is 1.74. The highest BCUT2D eigenvalue weighted by molar-refractivity contribution is 7.80. The Labute approximate surface area is 193 Å². The molecule has 0 spiro atoms. The average Bonchev–Trinajstić information content (AvgIpc) is 3.28. The molecule has 1 amide bonds. The number of aryl methyl sites for hydroxylation is 3.